The molecule has 2 aromatic carbocycles. The van der Waals surface area contributed by atoms with E-state index in [1.165, 1.54) is 5.56 Å². The molecule has 0 aliphatic carbocycles. The number of carbonyl (C=O) groups is 2. The largest absolute Gasteiger partial charge is 0.465 e. The van der Waals surface area contributed by atoms with Crippen molar-refractivity contribution in [2.24, 2.45) is 0 Å². The van der Waals surface area contributed by atoms with Crippen LogP contribution in [0.1, 0.15) is 37.4 Å². The number of anilines is 1. The van der Waals surface area contributed by atoms with Gasteiger partial charge >= 0.3 is 6.09 Å². The Morgan fingerprint density at radius 2 is 1.81 bits per heavy atom. The lowest BCUT2D eigenvalue weighted by atomic mass is 9.89. The van der Waals surface area contributed by atoms with E-state index >= 15 is 0 Å². The van der Waals surface area contributed by atoms with Crippen LogP contribution in [0, 0.1) is 0 Å². The second-order valence-electron chi connectivity index (χ2n) is 6.98. The van der Waals surface area contributed by atoms with Crippen molar-refractivity contribution in [3.8, 4) is 11.1 Å². The standard InChI is InChI=1S/C21H25N3O3/c1-13-10-19(23-21(26)27)18-11-17(8-9-20(18)24(13)14(2)25)16-6-4-15(5-7-16)12-22-3/h4-9,11,13,19,22-23H,10,12H2,1-3H3,(H,26,27)/t13-,19+/m0/s1. The number of carbonyl (C=O) groups excluding carboxylic acids is 1. The normalized spacial score (nSPS) is 18.7. The number of benzene rings is 2. The van der Waals surface area contributed by atoms with E-state index in [2.05, 4.69) is 34.9 Å². The Morgan fingerprint density at radius 1 is 1.15 bits per heavy atom. The molecule has 0 saturated carbocycles. The first-order valence-corrected chi connectivity index (χ1v) is 9.07. The van der Waals surface area contributed by atoms with Crippen LogP contribution < -0.4 is 15.5 Å². The first-order chi connectivity index (χ1) is 12.9. The number of hydrogen-bond acceptors (Lipinski definition) is 3. The number of fused-ring (bicyclic) bond motifs is 1. The van der Waals surface area contributed by atoms with E-state index in [1.54, 1.807) is 11.8 Å². The number of amides is 2. The van der Waals surface area contributed by atoms with Crippen molar-refractivity contribution < 1.29 is 14.7 Å². The lowest BCUT2D eigenvalue weighted by Gasteiger charge is -2.39. The first-order valence-electron chi connectivity index (χ1n) is 9.07. The highest BCUT2D eigenvalue weighted by atomic mass is 16.4. The lowest BCUT2D eigenvalue weighted by Crippen LogP contribution is -2.45. The summed E-state index contributed by atoms with van der Waals surface area (Å²) < 4.78 is 0. The average Bonchev–Trinajstić information content (AvgIpc) is 2.61. The van der Waals surface area contributed by atoms with Crippen LogP contribution in [0.4, 0.5) is 10.5 Å². The van der Waals surface area contributed by atoms with Crippen LogP contribution in [0.15, 0.2) is 42.5 Å². The van der Waals surface area contributed by atoms with Crippen molar-refractivity contribution in [2.45, 2.75) is 38.9 Å². The highest BCUT2D eigenvalue weighted by Gasteiger charge is 2.33. The molecule has 3 N–H and O–H groups in total. The fraction of sp³-hybridized carbons (Fsp3) is 0.333. The van der Waals surface area contributed by atoms with E-state index in [0.29, 0.717) is 6.42 Å². The zero-order chi connectivity index (χ0) is 19.6. The minimum absolute atomic E-state index is 0.0401. The molecule has 27 heavy (non-hydrogen) atoms. The Hall–Kier alpha value is -2.86. The van der Waals surface area contributed by atoms with Gasteiger partial charge in [0, 0.05) is 25.2 Å². The maximum atomic E-state index is 12.1. The molecule has 6 heteroatoms. The summed E-state index contributed by atoms with van der Waals surface area (Å²) in [4.78, 5) is 25.1. The van der Waals surface area contributed by atoms with E-state index in [9.17, 15) is 14.7 Å². The molecule has 1 aliphatic rings. The third kappa shape index (κ3) is 3.95. The van der Waals surface area contributed by atoms with Gasteiger partial charge in [-0.1, -0.05) is 30.3 Å². The second kappa shape index (κ2) is 7.80. The maximum absolute atomic E-state index is 12.1. The van der Waals surface area contributed by atoms with Crippen molar-refractivity contribution >= 4 is 17.7 Å². The molecule has 2 aromatic rings. The monoisotopic (exact) mass is 367 g/mol. The van der Waals surface area contributed by atoms with E-state index in [4.69, 9.17) is 0 Å². The predicted molar refractivity (Wildman–Crippen MR) is 106 cm³/mol. The van der Waals surface area contributed by atoms with Crippen molar-refractivity contribution in [2.75, 3.05) is 11.9 Å². The second-order valence-corrected chi connectivity index (χ2v) is 6.98. The molecule has 142 valence electrons. The lowest BCUT2D eigenvalue weighted by molar-refractivity contribution is -0.117. The summed E-state index contributed by atoms with van der Waals surface area (Å²) in [5.41, 5.74) is 4.86. The van der Waals surface area contributed by atoms with Gasteiger partial charge in [0.2, 0.25) is 5.91 Å². The Morgan fingerprint density at radius 3 is 2.41 bits per heavy atom. The van der Waals surface area contributed by atoms with Crippen molar-refractivity contribution in [1.82, 2.24) is 10.6 Å². The Balaban J connectivity index is 2.03. The van der Waals surface area contributed by atoms with Crippen molar-refractivity contribution in [3.05, 3.63) is 53.6 Å². The third-order valence-corrected chi connectivity index (χ3v) is 4.99. The van der Waals surface area contributed by atoms with Crippen LogP contribution in [-0.2, 0) is 11.3 Å². The highest BCUT2D eigenvalue weighted by Crippen LogP contribution is 2.39. The van der Waals surface area contributed by atoms with Gasteiger partial charge in [-0.05, 0) is 54.8 Å². The fourth-order valence-corrected chi connectivity index (χ4v) is 3.83. The zero-order valence-corrected chi connectivity index (χ0v) is 15.8. The zero-order valence-electron chi connectivity index (χ0n) is 15.8. The fourth-order valence-electron chi connectivity index (χ4n) is 3.83. The van der Waals surface area contributed by atoms with Gasteiger partial charge in [0.1, 0.15) is 0 Å². The van der Waals surface area contributed by atoms with Gasteiger partial charge < -0.3 is 20.6 Å². The molecule has 0 spiro atoms. The van der Waals surface area contributed by atoms with E-state index in [0.717, 1.165) is 28.9 Å². The van der Waals surface area contributed by atoms with Crippen LogP contribution in [-0.4, -0.2) is 30.2 Å². The topological polar surface area (TPSA) is 81.7 Å². The molecule has 2 atom stereocenters. The molecule has 6 nitrogen and oxygen atoms in total. The van der Waals surface area contributed by atoms with Gasteiger partial charge in [-0.15, -0.1) is 0 Å². The minimum atomic E-state index is -1.06. The predicted octanol–water partition coefficient (Wildman–Crippen LogP) is 3.53. The Kier molecular flexibility index (Phi) is 5.46. The average molecular weight is 367 g/mol. The van der Waals surface area contributed by atoms with Gasteiger partial charge in [-0.25, -0.2) is 4.79 Å². The first kappa shape index (κ1) is 18.9. The van der Waals surface area contributed by atoms with Gasteiger partial charge in [0.15, 0.2) is 0 Å². The summed E-state index contributed by atoms with van der Waals surface area (Å²) in [5, 5.41) is 15.0. The summed E-state index contributed by atoms with van der Waals surface area (Å²) in [6.07, 6.45) is -0.514. The highest BCUT2D eigenvalue weighted by molar-refractivity contribution is 5.94. The summed E-state index contributed by atoms with van der Waals surface area (Å²) in [5.74, 6) is -0.0401. The van der Waals surface area contributed by atoms with E-state index in [1.807, 2.05) is 32.2 Å². The van der Waals surface area contributed by atoms with Gasteiger partial charge in [0.05, 0.1) is 6.04 Å². The van der Waals surface area contributed by atoms with Crippen LogP contribution in [0.2, 0.25) is 0 Å². The Labute approximate surface area is 159 Å². The number of hydrogen-bond donors (Lipinski definition) is 3. The van der Waals surface area contributed by atoms with Crippen LogP contribution in [0.5, 0.6) is 0 Å². The summed E-state index contributed by atoms with van der Waals surface area (Å²) in [6.45, 7) is 4.29. The smallest absolute Gasteiger partial charge is 0.405 e. The number of carboxylic acid groups (broad SMARTS) is 1. The van der Waals surface area contributed by atoms with Gasteiger partial charge in [-0.2, -0.15) is 0 Å². The molecule has 0 unspecified atom stereocenters. The summed E-state index contributed by atoms with van der Waals surface area (Å²) in [6, 6.07) is 13.7. The molecular formula is C21H25N3O3. The van der Waals surface area contributed by atoms with Crippen molar-refractivity contribution in [1.29, 1.82) is 0 Å². The minimum Gasteiger partial charge on any atom is -0.465 e. The summed E-state index contributed by atoms with van der Waals surface area (Å²) in [7, 11) is 1.91. The maximum Gasteiger partial charge on any atom is 0.405 e. The molecule has 1 heterocycles. The molecule has 0 bridgehead atoms. The van der Waals surface area contributed by atoms with E-state index in [-0.39, 0.29) is 18.0 Å². The van der Waals surface area contributed by atoms with Crippen LogP contribution in [0.3, 0.4) is 0 Å². The molecule has 0 saturated heterocycles. The van der Waals surface area contributed by atoms with Crippen LogP contribution >= 0.6 is 0 Å². The number of nitrogens with one attached hydrogen (secondary N) is 2. The molecule has 0 fully saturated rings. The Bertz CT molecular complexity index is 848. The van der Waals surface area contributed by atoms with Gasteiger partial charge in [-0.3, -0.25) is 4.79 Å². The molecule has 1 aliphatic heterocycles. The SMILES string of the molecule is CNCc1ccc(-c2ccc3c(c2)[C@H](NC(=O)O)C[C@H](C)N3C(C)=O)cc1. The molecule has 0 aromatic heterocycles. The van der Waals surface area contributed by atoms with Crippen LogP contribution in [0.25, 0.3) is 11.1 Å². The number of rotatable bonds is 4. The third-order valence-electron chi connectivity index (χ3n) is 4.99. The summed E-state index contributed by atoms with van der Waals surface area (Å²) >= 11 is 0. The van der Waals surface area contributed by atoms with E-state index < -0.39 is 6.09 Å². The molecule has 2 amide bonds. The molecule has 0 radical (unpaired) electrons. The quantitative estimate of drug-likeness (QED) is 0.772. The number of nitrogens with zero attached hydrogens (tertiary/aromatic N) is 1. The molecular weight excluding hydrogens is 342 g/mol. The van der Waals surface area contributed by atoms with Gasteiger partial charge in [0.25, 0.3) is 0 Å². The molecule has 3 rings (SSSR count). The van der Waals surface area contributed by atoms with Crippen molar-refractivity contribution in [3.63, 3.8) is 0 Å².